The molecule has 1 fully saturated rings. The highest BCUT2D eigenvalue weighted by Gasteiger charge is 2.57. The van der Waals surface area contributed by atoms with Crippen molar-refractivity contribution in [1.29, 1.82) is 0 Å². The minimum absolute atomic E-state index is 0.129. The largest absolute Gasteiger partial charge is 0.393 e. The van der Waals surface area contributed by atoms with Crippen molar-refractivity contribution in [2.75, 3.05) is 19.7 Å². The fraction of sp³-hybridized carbons (Fsp3) is 1.00. The lowest BCUT2D eigenvalue weighted by atomic mass is 9.87. The predicted octanol–water partition coefficient (Wildman–Crippen LogP) is 5.08. The summed E-state index contributed by atoms with van der Waals surface area (Å²) in [6, 6.07) is 0. The molecule has 1 saturated heterocycles. The molecule has 0 aliphatic carbocycles. The summed E-state index contributed by atoms with van der Waals surface area (Å²) >= 11 is 2.25. The molecule has 0 saturated carbocycles. The van der Waals surface area contributed by atoms with Gasteiger partial charge in [0, 0.05) is 13.1 Å². The number of alkyl halides is 9. The first kappa shape index (κ1) is 23.7. The van der Waals surface area contributed by atoms with Gasteiger partial charge in [-0.2, -0.15) is 35.1 Å². The number of halogens is 11. The predicted molar refractivity (Wildman–Crippen MR) is 84.0 cm³/mol. The monoisotopic (exact) mass is 615 g/mol. The fourth-order valence-corrected chi connectivity index (χ4v) is 3.26. The highest BCUT2D eigenvalue weighted by Crippen LogP contribution is 2.44. The lowest BCUT2D eigenvalue weighted by molar-refractivity contribution is -0.255. The van der Waals surface area contributed by atoms with Crippen LogP contribution in [-0.4, -0.2) is 55.3 Å². The van der Waals surface area contributed by atoms with Gasteiger partial charge in [0.15, 0.2) is 6.10 Å². The molecule has 14 heteroatoms. The minimum atomic E-state index is -5.07. The molecule has 0 aromatic carbocycles. The molecule has 0 aromatic heterocycles. The number of rotatable bonds is 6. The van der Waals surface area contributed by atoms with Crippen LogP contribution >= 0.6 is 46.0 Å². The first-order chi connectivity index (χ1) is 11.2. The number of likely N-dealkylation sites (tertiary alicyclic amines) is 1. The molecular weight excluding hydrogens is 603 g/mol. The van der Waals surface area contributed by atoms with E-state index in [2.05, 4.69) is 6.13 Å². The summed E-state index contributed by atoms with van der Waals surface area (Å²) < 4.78 is 128. The molecule has 1 heterocycles. The Bertz CT molecular complexity index is 413. The van der Waals surface area contributed by atoms with E-state index in [4.69, 9.17) is 0 Å². The molecule has 4 unspecified atom stereocenters. The van der Waals surface area contributed by atoms with Gasteiger partial charge in [-0.05, 0) is 6.42 Å². The Labute approximate surface area is 164 Å². The quantitative estimate of drug-likeness (QED) is 0.237. The van der Waals surface area contributed by atoms with Gasteiger partial charge in [-0.15, -0.1) is 0 Å². The molecular formula is C11H12F9I2NO2. The van der Waals surface area contributed by atoms with Gasteiger partial charge in [-0.3, -0.25) is 4.90 Å². The van der Waals surface area contributed by atoms with E-state index >= 15 is 0 Å². The molecule has 150 valence electrons. The van der Waals surface area contributed by atoms with Crippen LogP contribution in [0.1, 0.15) is 6.42 Å². The van der Waals surface area contributed by atoms with E-state index in [-0.39, 0.29) is 4.90 Å². The van der Waals surface area contributed by atoms with Gasteiger partial charge in [0.2, 0.25) is 6.30 Å². The Balaban J connectivity index is 3.06. The van der Waals surface area contributed by atoms with Crippen molar-refractivity contribution in [1.82, 2.24) is 4.90 Å². The summed E-state index contributed by atoms with van der Waals surface area (Å²) in [6.07, 6.45) is -17.0. The zero-order valence-corrected chi connectivity index (χ0v) is 16.4. The molecule has 1 rings (SSSR count). The van der Waals surface area contributed by atoms with Crippen LogP contribution in [0.2, 0.25) is 0 Å². The van der Waals surface area contributed by atoms with E-state index < -0.39 is 68.6 Å². The summed E-state index contributed by atoms with van der Waals surface area (Å²) in [7, 11) is 0. The van der Waals surface area contributed by atoms with Crippen LogP contribution < -0.4 is 0 Å². The van der Waals surface area contributed by atoms with Crippen LogP contribution in [0.4, 0.5) is 39.5 Å². The highest BCUT2D eigenvalue weighted by atomic mass is 127. The Morgan fingerprint density at radius 2 is 1.36 bits per heavy atom. The summed E-state index contributed by atoms with van der Waals surface area (Å²) in [5.74, 6) is -9.51. The topological polar surface area (TPSA) is 21.7 Å². The lowest BCUT2D eigenvalue weighted by Gasteiger charge is -2.42. The Kier molecular flexibility index (Phi) is 8.37. The first-order valence-electron chi connectivity index (χ1n) is 6.65. The van der Waals surface area contributed by atoms with Gasteiger partial charge < -0.3 is 6.13 Å². The zero-order chi connectivity index (χ0) is 19.6. The van der Waals surface area contributed by atoms with Gasteiger partial charge >= 0.3 is 18.3 Å². The second kappa shape index (κ2) is 8.81. The Morgan fingerprint density at radius 1 is 0.920 bits per heavy atom. The molecule has 0 radical (unpaired) electrons. The van der Waals surface area contributed by atoms with Gasteiger partial charge in [0.1, 0.15) is 46.0 Å². The molecule has 0 spiro atoms. The third-order valence-electron chi connectivity index (χ3n) is 3.79. The van der Waals surface area contributed by atoms with Gasteiger partial charge in [-0.25, -0.2) is 4.39 Å². The summed E-state index contributed by atoms with van der Waals surface area (Å²) in [4.78, 5) is -0.129. The number of nitrogens with zero attached hydrogens (tertiary/aromatic N) is 1. The molecule has 25 heavy (non-hydrogen) atoms. The lowest BCUT2D eigenvalue weighted by Crippen LogP contribution is -2.59. The Hall–Kier alpha value is 0.710. The molecule has 0 aromatic rings. The second-order valence-corrected chi connectivity index (χ2v) is 6.66. The van der Waals surface area contributed by atoms with Crippen molar-refractivity contribution in [3.8, 4) is 0 Å². The van der Waals surface area contributed by atoms with E-state index in [0.29, 0.717) is 0 Å². The molecule has 0 N–H and O–H groups in total. The molecule has 3 nitrogen and oxygen atoms in total. The molecule has 1 aliphatic rings. The van der Waals surface area contributed by atoms with Crippen molar-refractivity contribution in [2.24, 2.45) is 11.8 Å². The smallest absolute Gasteiger partial charge is 0.313 e. The van der Waals surface area contributed by atoms with Crippen LogP contribution in [0, 0.1) is 11.8 Å². The summed E-state index contributed by atoms with van der Waals surface area (Å²) in [6.45, 7) is -3.41. The van der Waals surface area contributed by atoms with Crippen molar-refractivity contribution < 1.29 is 45.6 Å². The van der Waals surface area contributed by atoms with Crippen LogP contribution in [0.3, 0.4) is 0 Å². The summed E-state index contributed by atoms with van der Waals surface area (Å²) in [5.41, 5.74) is 0. The Morgan fingerprint density at radius 3 is 1.68 bits per heavy atom. The molecule has 0 amide bonds. The normalized spacial score (nSPS) is 26.5. The maximum Gasteiger partial charge on any atom is 0.393 e. The molecule has 0 bridgehead atoms. The van der Waals surface area contributed by atoms with Crippen molar-refractivity contribution in [3.63, 3.8) is 0 Å². The van der Waals surface area contributed by atoms with Crippen LogP contribution in [0.25, 0.3) is 0 Å². The molecule has 4 atom stereocenters. The van der Waals surface area contributed by atoms with Crippen molar-refractivity contribution in [3.05, 3.63) is 0 Å². The standard InChI is InChI=1S/C11H12F9I2NO2/c12-8(9(13,14)7(25-22)4-24-21)23-2-5(10(15,16)17)1-6(3-23)11(18,19)20/h5-8H,1-4H2. The third-order valence-corrected chi connectivity index (χ3v) is 4.77. The van der Waals surface area contributed by atoms with E-state index in [1.54, 1.807) is 0 Å². The zero-order valence-electron chi connectivity index (χ0n) is 12.1. The third kappa shape index (κ3) is 6.10. The SMILES string of the molecule is FC(N1CC(C(F)(F)F)CC(C(F)(F)F)C1)C(F)(F)C(COI)OI. The van der Waals surface area contributed by atoms with Crippen molar-refractivity contribution >= 4 is 46.0 Å². The number of hydrogen-bond donors (Lipinski definition) is 0. The van der Waals surface area contributed by atoms with Gasteiger partial charge in [0.25, 0.3) is 0 Å². The number of hydrogen-bond acceptors (Lipinski definition) is 3. The van der Waals surface area contributed by atoms with E-state index in [9.17, 15) is 39.5 Å². The highest BCUT2D eigenvalue weighted by molar-refractivity contribution is 14.1. The molecule has 1 aliphatic heterocycles. The second-order valence-electron chi connectivity index (χ2n) is 5.53. The van der Waals surface area contributed by atoms with E-state index in [1.165, 1.54) is 23.0 Å². The fourth-order valence-electron chi connectivity index (χ4n) is 2.44. The van der Waals surface area contributed by atoms with E-state index in [0.717, 1.165) is 23.0 Å². The van der Waals surface area contributed by atoms with Gasteiger partial charge in [-0.1, -0.05) is 0 Å². The van der Waals surface area contributed by atoms with E-state index in [1.807, 2.05) is 0 Å². The van der Waals surface area contributed by atoms with Crippen molar-refractivity contribution in [2.45, 2.75) is 37.1 Å². The maximum atomic E-state index is 14.2. The van der Waals surface area contributed by atoms with Crippen LogP contribution in [0.5, 0.6) is 0 Å². The van der Waals surface area contributed by atoms with Crippen LogP contribution in [0.15, 0.2) is 0 Å². The van der Waals surface area contributed by atoms with Gasteiger partial charge in [0.05, 0.1) is 18.4 Å². The average Bonchev–Trinajstić information content (AvgIpc) is 2.49. The maximum absolute atomic E-state index is 14.2. The minimum Gasteiger partial charge on any atom is -0.313 e. The first-order valence-corrected chi connectivity index (χ1v) is 8.41. The summed E-state index contributed by atoms with van der Waals surface area (Å²) in [5, 5.41) is 0. The number of piperidine rings is 1. The average molecular weight is 615 g/mol. The van der Waals surface area contributed by atoms with Crippen LogP contribution in [-0.2, 0) is 6.13 Å².